The number of rotatable bonds is 3. The van der Waals surface area contributed by atoms with E-state index in [0.717, 1.165) is 6.07 Å². The highest BCUT2D eigenvalue weighted by atomic mass is 127. The van der Waals surface area contributed by atoms with E-state index in [9.17, 15) is 43.2 Å². The van der Waals surface area contributed by atoms with Crippen LogP contribution in [-0.4, -0.2) is 32.8 Å². The Bertz CT molecular complexity index is 712. The van der Waals surface area contributed by atoms with Gasteiger partial charge in [0.1, 0.15) is 0 Å². The van der Waals surface area contributed by atoms with E-state index in [1.54, 1.807) is 22.6 Å². The summed E-state index contributed by atoms with van der Waals surface area (Å²) in [6, 6.07) is 1.28. The van der Waals surface area contributed by atoms with Crippen molar-refractivity contribution in [1.82, 2.24) is 4.98 Å². The first-order chi connectivity index (χ1) is 9.62. The second-order valence-corrected chi connectivity index (χ2v) is 8.47. The molecule has 126 valence electrons. The average molecular weight is 484 g/mol. The minimum atomic E-state index is -6.88. The second-order valence-electron chi connectivity index (χ2n) is 3.43. The zero-order valence-corrected chi connectivity index (χ0v) is 13.5. The molecule has 0 unspecified atom stereocenters. The molecule has 0 fully saturated rings. The molecule has 0 aliphatic carbocycles. The molecule has 0 bridgehead atoms. The maximum Gasteiger partial charge on any atom is 0.517 e. The minimum Gasteiger partial charge on any atom is -0.236 e. The molecule has 0 N–H and O–H groups in total. The lowest BCUT2D eigenvalue weighted by molar-refractivity contribution is -0.0462. The van der Waals surface area contributed by atoms with Crippen molar-refractivity contribution in [3.63, 3.8) is 0 Å². The van der Waals surface area contributed by atoms with E-state index in [1.807, 2.05) is 0 Å². The van der Waals surface area contributed by atoms with E-state index in [-0.39, 0.29) is 3.57 Å². The fraction of sp³-hybridized carbons (Fsp3) is 0.286. The highest BCUT2D eigenvalue weighted by molar-refractivity contribution is 14.1. The Morgan fingerprint density at radius 3 is 1.59 bits per heavy atom. The van der Waals surface area contributed by atoms with Gasteiger partial charge in [0, 0.05) is 9.77 Å². The van der Waals surface area contributed by atoms with Crippen molar-refractivity contribution in [2.45, 2.75) is 11.0 Å². The van der Waals surface area contributed by atoms with E-state index in [1.165, 1.54) is 0 Å². The Hall–Kier alpha value is -0.840. The van der Waals surface area contributed by atoms with Gasteiger partial charge in [-0.1, -0.05) is 0 Å². The molecule has 0 saturated carbocycles. The van der Waals surface area contributed by atoms with Gasteiger partial charge >= 0.3 is 31.1 Å². The topological polar surface area (TPSA) is 84.4 Å². The van der Waals surface area contributed by atoms with E-state index >= 15 is 0 Å². The average Bonchev–Trinajstić information content (AvgIpc) is 2.28. The summed E-state index contributed by atoms with van der Waals surface area (Å²) in [7, 11) is -13.8. The molecule has 1 rings (SSSR count). The molecule has 0 atom stereocenters. The number of nitrogens with zero attached hydrogens (tertiary/aromatic N) is 2. The van der Waals surface area contributed by atoms with Gasteiger partial charge in [-0.15, -0.1) is 3.71 Å². The van der Waals surface area contributed by atoms with Crippen molar-refractivity contribution in [2.75, 3.05) is 3.71 Å². The van der Waals surface area contributed by atoms with Crippen LogP contribution in [0.25, 0.3) is 0 Å². The van der Waals surface area contributed by atoms with Gasteiger partial charge in [0.15, 0.2) is 5.82 Å². The number of sulfonamides is 2. The fourth-order valence-corrected chi connectivity index (χ4v) is 3.98. The molecular formula is C7H3F6IN2O4S2. The number of halogens is 7. The molecule has 0 aliphatic heterocycles. The lowest BCUT2D eigenvalue weighted by Crippen LogP contribution is -2.49. The normalized spacial score (nSPS) is 14.0. The molecule has 1 heterocycles. The summed E-state index contributed by atoms with van der Waals surface area (Å²) in [6.45, 7) is 0. The molecule has 1 aromatic heterocycles. The van der Waals surface area contributed by atoms with Crippen molar-refractivity contribution in [3.05, 3.63) is 21.9 Å². The molecular weight excluding hydrogens is 481 g/mol. The summed E-state index contributed by atoms with van der Waals surface area (Å²) >= 11 is 1.57. The van der Waals surface area contributed by atoms with E-state index in [0.29, 0.717) is 12.3 Å². The van der Waals surface area contributed by atoms with Crippen LogP contribution >= 0.6 is 22.6 Å². The standard InChI is InChI=1S/C7H3F6IN2O4S2/c8-6(9,10)21(17,18)16(22(19,20)7(11,12)13)5-2-1-4(14)3-15-5/h1-3H. The van der Waals surface area contributed by atoms with Crippen molar-refractivity contribution in [1.29, 1.82) is 0 Å². The maximum atomic E-state index is 12.5. The van der Waals surface area contributed by atoms with Crippen LogP contribution in [0.3, 0.4) is 0 Å². The molecule has 22 heavy (non-hydrogen) atoms. The predicted octanol–water partition coefficient (Wildman–Crippen LogP) is 2.19. The summed E-state index contributed by atoms with van der Waals surface area (Å²) in [4.78, 5) is 3.00. The van der Waals surface area contributed by atoms with Gasteiger partial charge in [0.05, 0.1) is 0 Å². The smallest absolute Gasteiger partial charge is 0.236 e. The lowest BCUT2D eigenvalue weighted by atomic mass is 10.5. The van der Waals surface area contributed by atoms with Gasteiger partial charge in [0.25, 0.3) is 0 Å². The summed E-state index contributed by atoms with van der Waals surface area (Å²) in [5.41, 5.74) is -12.6. The molecule has 1 aromatic rings. The lowest BCUT2D eigenvalue weighted by Gasteiger charge is -2.24. The van der Waals surface area contributed by atoms with E-state index in [2.05, 4.69) is 4.98 Å². The van der Waals surface area contributed by atoms with Crippen molar-refractivity contribution >= 4 is 48.5 Å². The van der Waals surface area contributed by atoms with E-state index < -0.39 is 40.6 Å². The van der Waals surface area contributed by atoms with Crippen LogP contribution in [-0.2, 0) is 20.0 Å². The first-order valence-corrected chi connectivity index (χ1v) is 8.63. The number of hydrogen-bond acceptors (Lipinski definition) is 5. The van der Waals surface area contributed by atoms with Crippen molar-refractivity contribution in [3.8, 4) is 0 Å². The predicted molar refractivity (Wildman–Crippen MR) is 69.4 cm³/mol. The largest absolute Gasteiger partial charge is 0.517 e. The zero-order chi connectivity index (χ0) is 17.6. The van der Waals surface area contributed by atoms with Crippen LogP contribution in [0, 0.1) is 3.57 Å². The minimum absolute atomic E-state index is 0.218. The molecule has 0 aromatic carbocycles. The maximum absolute atomic E-state index is 12.5. The van der Waals surface area contributed by atoms with Crippen molar-refractivity contribution < 1.29 is 43.2 Å². The third-order valence-corrected chi connectivity index (χ3v) is 6.15. The number of pyridine rings is 1. The van der Waals surface area contributed by atoms with Gasteiger partial charge in [-0.05, 0) is 34.7 Å². The Kier molecular flexibility index (Phi) is 4.94. The highest BCUT2D eigenvalue weighted by Crippen LogP contribution is 2.37. The first kappa shape index (κ1) is 19.2. The number of aromatic nitrogens is 1. The molecule has 0 saturated heterocycles. The Labute approximate surface area is 133 Å². The van der Waals surface area contributed by atoms with Gasteiger partial charge in [-0.3, -0.25) is 0 Å². The number of anilines is 1. The second kappa shape index (κ2) is 5.66. The molecule has 0 amide bonds. The zero-order valence-electron chi connectivity index (χ0n) is 9.72. The number of alkyl halides is 6. The summed E-state index contributed by atoms with van der Waals surface area (Å²) in [5, 5.41) is 0. The monoisotopic (exact) mass is 484 g/mol. The van der Waals surface area contributed by atoms with Gasteiger partial charge in [-0.2, -0.15) is 43.2 Å². The Balaban J connectivity index is 3.73. The fourth-order valence-electron chi connectivity index (χ4n) is 1.04. The SMILES string of the molecule is O=S(=O)(N(c1ccc(I)cn1)S(=O)(=O)C(F)(F)F)C(F)(F)F. The van der Waals surface area contributed by atoms with Crippen LogP contribution in [0.15, 0.2) is 18.3 Å². The Morgan fingerprint density at radius 1 is 0.909 bits per heavy atom. The molecule has 0 radical (unpaired) electrons. The van der Waals surface area contributed by atoms with Crippen LogP contribution in [0.2, 0.25) is 0 Å². The van der Waals surface area contributed by atoms with Crippen LogP contribution in [0.1, 0.15) is 0 Å². The van der Waals surface area contributed by atoms with Gasteiger partial charge in [0.2, 0.25) is 0 Å². The van der Waals surface area contributed by atoms with Crippen molar-refractivity contribution in [2.24, 2.45) is 0 Å². The third-order valence-electron chi connectivity index (χ3n) is 1.92. The molecule has 0 spiro atoms. The third kappa shape index (κ3) is 3.39. The quantitative estimate of drug-likeness (QED) is 0.486. The highest BCUT2D eigenvalue weighted by Gasteiger charge is 2.62. The molecule has 15 heteroatoms. The number of hydrogen-bond donors (Lipinski definition) is 0. The molecule has 6 nitrogen and oxygen atoms in total. The summed E-state index contributed by atoms with van der Waals surface area (Å²) < 4.78 is 118. The Morgan fingerprint density at radius 2 is 1.32 bits per heavy atom. The van der Waals surface area contributed by atoms with Crippen LogP contribution in [0.4, 0.5) is 32.2 Å². The van der Waals surface area contributed by atoms with E-state index in [4.69, 9.17) is 0 Å². The van der Waals surface area contributed by atoms with Gasteiger partial charge < -0.3 is 0 Å². The van der Waals surface area contributed by atoms with Gasteiger partial charge in [-0.25, -0.2) is 4.98 Å². The molecule has 0 aliphatic rings. The van der Waals surface area contributed by atoms with Crippen LogP contribution < -0.4 is 3.71 Å². The first-order valence-electron chi connectivity index (χ1n) is 4.67. The summed E-state index contributed by atoms with van der Waals surface area (Å²) in [6.07, 6.45) is 0.695. The summed E-state index contributed by atoms with van der Waals surface area (Å²) in [5.74, 6) is -1.56. The van der Waals surface area contributed by atoms with Crippen LogP contribution in [0.5, 0.6) is 0 Å².